The molecule has 0 fully saturated rings. The van der Waals surface area contributed by atoms with Crippen LogP contribution in [0.3, 0.4) is 0 Å². The number of rotatable bonds is 6. The van der Waals surface area contributed by atoms with Crippen molar-refractivity contribution in [3.63, 3.8) is 0 Å². The fourth-order valence-electron chi connectivity index (χ4n) is 7.43. The van der Waals surface area contributed by atoms with Gasteiger partial charge in [-0.25, -0.2) is 9.97 Å². The maximum absolute atomic E-state index is 5.05. The standard InChI is InChI=1S/C46H32N4/c1-4-16-33(17-5-1)41-32-42(40-24-14-15-31-47-40)49-45(48-41)34-27-29-37(30-28-34)50-43-25-12-10-22-38(43)46(35-18-6-2-7-19-35,36-20-8-3-9-21-36)39-23-11-13-26-44(39)50/h1-32H. The summed E-state index contributed by atoms with van der Waals surface area (Å²) in [6.07, 6.45) is 1.80. The van der Waals surface area contributed by atoms with Crippen LogP contribution in [0.15, 0.2) is 194 Å². The summed E-state index contributed by atoms with van der Waals surface area (Å²) < 4.78 is 0. The van der Waals surface area contributed by atoms with Gasteiger partial charge in [-0.15, -0.1) is 0 Å². The lowest BCUT2D eigenvalue weighted by Crippen LogP contribution is -2.37. The van der Waals surface area contributed by atoms with E-state index in [4.69, 9.17) is 9.97 Å². The minimum absolute atomic E-state index is 0.500. The van der Waals surface area contributed by atoms with E-state index in [0.29, 0.717) is 5.82 Å². The highest BCUT2D eigenvalue weighted by Gasteiger charge is 2.46. The van der Waals surface area contributed by atoms with Crippen molar-refractivity contribution in [2.24, 2.45) is 0 Å². The van der Waals surface area contributed by atoms with Crippen LogP contribution in [0.4, 0.5) is 17.1 Å². The third kappa shape index (κ3) is 4.89. The van der Waals surface area contributed by atoms with Crippen LogP contribution in [-0.2, 0) is 5.41 Å². The largest absolute Gasteiger partial charge is 0.310 e. The lowest BCUT2D eigenvalue weighted by atomic mass is 9.62. The summed E-state index contributed by atoms with van der Waals surface area (Å²) in [4.78, 5) is 17.0. The molecule has 4 heteroatoms. The highest BCUT2D eigenvalue weighted by molar-refractivity contribution is 5.89. The Hall–Kier alpha value is -6.65. The summed E-state index contributed by atoms with van der Waals surface area (Å²) in [5.74, 6) is 0.658. The van der Waals surface area contributed by atoms with Crippen molar-refractivity contribution in [2.75, 3.05) is 4.90 Å². The number of fused-ring (bicyclic) bond motifs is 2. The predicted octanol–water partition coefficient (Wildman–Crippen LogP) is 11.0. The van der Waals surface area contributed by atoms with Crippen LogP contribution >= 0.6 is 0 Å². The van der Waals surface area contributed by atoms with E-state index in [1.165, 1.54) is 22.3 Å². The third-order valence-electron chi connectivity index (χ3n) is 9.62. The van der Waals surface area contributed by atoms with E-state index in [0.717, 1.165) is 45.3 Å². The van der Waals surface area contributed by atoms with Crippen LogP contribution in [0.1, 0.15) is 22.3 Å². The number of pyridine rings is 1. The predicted molar refractivity (Wildman–Crippen MR) is 203 cm³/mol. The fraction of sp³-hybridized carbons (Fsp3) is 0.0217. The molecule has 1 aliphatic rings. The third-order valence-corrected chi connectivity index (χ3v) is 9.62. The highest BCUT2D eigenvalue weighted by Crippen LogP contribution is 2.57. The smallest absolute Gasteiger partial charge is 0.160 e. The van der Waals surface area contributed by atoms with Gasteiger partial charge in [0.1, 0.15) is 0 Å². The van der Waals surface area contributed by atoms with Crippen molar-refractivity contribution in [1.82, 2.24) is 15.0 Å². The van der Waals surface area contributed by atoms with Crippen molar-refractivity contribution in [3.8, 4) is 34.0 Å². The molecule has 0 amide bonds. The van der Waals surface area contributed by atoms with Gasteiger partial charge in [0.2, 0.25) is 0 Å². The zero-order valence-corrected chi connectivity index (χ0v) is 27.3. The summed E-state index contributed by atoms with van der Waals surface area (Å²) in [6.45, 7) is 0. The van der Waals surface area contributed by atoms with Gasteiger partial charge in [0.25, 0.3) is 0 Å². The Morgan fingerprint density at radius 2 is 0.920 bits per heavy atom. The first-order valence-corrected chi connectivity index (χ1v) is 16.9. The second kappa shape index (κ2) is 12.4. The number of hydrogen-bond donors (Lipinski definition) is 0. The molecule has 0 spiro atoms. The second-order valence-corrected chi connectivity index (χ2v) is 12.4. The van der Waals surface area contributed by atoms with Crippen LogP contribution < -0.4 is 4.90 Å². The molecule has 0 bridgehead atoms. The summed E-state index contributed by atoms with van der Waals surface area (Å²) >= 11 is 0. The van der Waals surface area contributed by atoms with Crippen LogP contribution in [0, 0.1) is 0 Å². The Kier molecular flexibility index (Phi) is 7.33. The normalized spacial score (nSPS) is 12.9. The maximum Gasteiger partial charge on any atom is 0.160 e. The molecule has 0 saturated carbocycles. The van der Waals surface area contributed by atoms with Gasteiger partial charge >= 0.3 is 0 Å². The minimum atomic E-state index is -0.500. The number of anilines is 3. The molecule has 236 valence electrons. The molecule has 3 heterocycles. The van der Waals surface area contributed by atoms with Crippen molar-refractivity contribution >= 4 is 17.1 Å². The summed E-state index contributed by atoms with van der Waals surface area (Å²) in [5, 5.41) is 0. The summed E-state index contributed by atoms with van der Waals surface area (Å²) in [6, 6.07) is 66.2. The van der Waals surface area contributed by atoms with Crippen LogP contribution in [0.2, 0.25) is 0 Å². The van der Waals surface area contributed by atoms with Crippen LogP contribution in [0.5, 0.6) is 0 Å². The average Bonchev–Trinajstić information content (AvgIpc) is 3.21. The molecule has 6 aromatic carbocycles. The highest BCUT2D eigenvalue weighted by atomic mass is 15.2. The average molecular weight is 641 g/mol. The molecule has 4 nitrogen and oxygen atoms in total. The second-order valence-electron chi connectivity index (χ2n) is 12.4. The molecule has 2 aromatic heterocycles. The fourth-order valence-corrected chi connectivity index (χ4v) is 7.43. The number of nitrogens with zero attached hydrogens (tertiary/aromatic N) is 4. The van der Waals surface area contributed by atoms with E-state index in [2.05, 4.69) is 155 Å². The van der Waals surface area contributed by atoms with E-state index < -0.39 is 5.41 Å². The van der Waals surface area contributed by atoms with Crippen molar-refractivity contribution in [3.05, 3.63) is 217 Å². The Balaban J connectivity index is 1.20. The monoisotopic (exact) mass is 640 g/mol. The Morgan fingerprint density at radius 3 is 1.50 bits per heavy atom. The first-order chi connectivity index (χ1) is 24.8. The minimum Gasteiger partial charge on any atom is -0.310 e. The summed E-state index contributed by atoms with van der Waals surface area (Å²) in [7, 11) is 0. The maximum atomic E-state index is 5.05. The van der Waals surface area contributed by atoms with E-state index >= 15 is 0 Å². The molecular formula is C46H32N4. The molecule has 0 aliphatic carbocycles. The number of hydrogen-bond acceptors (Lipinski definition) is 4. The molecule has 9 rings (SSSR count). The Bertz CT molecular complexity index is 2260. The SMILES string of the molecule is c1ccc(-c2cc(-c3ccccn3)nc(-c3ccc(N4c5ccccc5C(c5ccccc5)(c5ccccc5)c5ccccc54)cc3)n2)cc1. The molecule has 0 unspecified atom stereocenters. The molecule has 1 aliphatic heterocycles. The van der Waals surface area contributed by atoms with Crippen molar-refractivity contribution < 1.29 is 0 Å². The van der Waals surface area contributed by atoms with Gasteiger partial charge in [-0.3, -0.25) is 4.98 Å². The van der Waals surface area contributed by atoms with Gasteiger partial charge < -0.3 is 4.90 Å². The van der Waals surface area contributed by atoms with Gasteiger partial charge in [-0.2, -0.15) is 0 Å². The first kappa shape index (κ1) is 29.5. The molecule has 0 N–H and O–H groups in total. The van der Waals surface area contributed by atoms with E-state index in [9.17, 15) is 0 Å². The number of benzene rings is 6. The number of aromatic nitrogens is 3. The van der Waals surface area contributed by atoms with Gasteiger partial charge in [0.05, 0.1) is 33.9 Å². The van der Waals surface area contributed by atoms with Crippen LogP contribution in [0.25, 0.3) is 34.0 Å². The number of para-hydroxylation sites is 2. The van der Waals surface area contributed by atoms with Crippen molar-refractivity contribution in [2.45, 2.75) is 5.41 Å². The molecule has 0 radical (unpaired) electrons. The zero-order chi connectivity index (χ0) is 33.3. The summed E-state index contributed by atoms with van der Waals surface area (Å²) in [5.41, 5.74) is 12.2. The van der Waals surface area contributed by atoms with Gasteiger partial charge in [-0.1, -0.05) is 133 Å². The van der Waals surface area contributed by atoms with Gasteiger partial charge in [0.15, 0.2) is 5.82 Å². The molecule has 0 atom stereocenters. The molecular weight excluding hydrogens is 609 g/mol. The van der Waals surface area contributed by atoms with E-state index in [1.807, 2.05) is 42.5 Å². The molecule has 0 saturated heterocycles. The Labute approximate surface area is 292 Å². The zero-order valence-electron chi connectivity index (χ0n) is 27.3. The quantitative estimate of drug-likeness (QED) is 0.181. The molecule has 50 heavy (non-hydrogen) atoms. The first-order valence-electron chi connectivity index (χ1n) is 16.9. The van der Waals surface area contributed by atoms with Gasteiger partial charge in [0, 0.05) is 23.0 Å². The van der Waals surface area contributed by atoms with Crippen LogP contribution in [-0.4, -0.2) is 15.0 Å². The lowest BCUT2D eigenvalue weighted by molar-refractivity contribution is 0.731. The van der Waals surface area contributed by atoms with E-state index in [-0.39, 0.29) is 0 Å². The van der Waals surface area contributed by atoms with Gasteiger partial charge in [-0.05, 0) is 76.9 Å². The van der Waals surface area contributed by atoms with Crippen molar-refractivity contribution in [1.29, 1.82) is 0 Å². The molecule has 8 aromatic rings. The Morgan fingerprint density at radius 1 is 0.400 bits per heavy atom. The van der Waals surface area contributed by atoms with E-state index in [1.54, 1.807) is 6.20 Å². The lowest BCUT2D eigenvalue weighted by Gasteiger charge is -2.46. The topological polar surface area (TPSA) is 41.9 Å².